The number of benzene rings is 9. The first-order valence-electron chi connectivity index (χ1n) is 30.7. The van der Waals surface area contributed by atoms with Crippen LogP contribution in [0.1, 0.15) is 111 Å². The van der Waals surface area contributed by atoms with Gasteiger partial charge in [0.1, 0.15) is 13.9 Å². The van der Waals surface area contributed by atoms with Gasteiger partial charge < -0.3 is 19.4 Å². The number of para-hydroxylation sites is 4. The van der Waals surface area contributed by atoms with Crippen LogP contribution in [-0.4, -0.2) is 13.1 Å². The maximum absolute atomic E-state index is 9.39. The van der Waals surface area contributed by atoms with Crippen molar-refractivity contribution in [2.45, 2.75) is 98.3 Å². The van der Waals surface area contributed by atoms with Crippen LogP contribution in [-0.2, 0) is 37.3 Å². The molecule has 0 fully saturated rings. The quantitative estimate of drug-likeness (QED) is 0.106. The summed E-state index contributed by atoms with van der Waals surface area (Å²) >= 11 is 0. The normalized spacial score (nSPS) is 16.0. The van der Waals surface area contributed by atoms with Crippen molar-refractivity contribution >= 4 is 68.8 Å². The number of hydrogen-bond donors (Lipinski definition) is 0. The number of hydrogen-bond acceptors (Lipinski definition) is 5. The van der Waals surface area contributed by atoms with Crippen molar-refractivity contribution in [3.63, 3.8) is 0 Å². The standard InChI is InChI=1S/C75H69N4OSi.Pt/c1-49(2)51-41-56(77-48-78(65-33-20-19-32-64(65)77)71-60(50-25-14-12-15-26-50)30-24-31-61(71)52-39-54(74(6,7)8)43-55(40-52)75(9,10)11)45-57(42-51)80-58-46-63-62-29-18-22-35-68(62)81(59-27-16-13-17-28-59)69-36-23-21-34-66(69)79(67(47-58)72(63)81)70-44-53(37-38-76-70)73(3,4)5;/h12-44,46,48-49H,1-11H3;/q-3;/i12D,14D,15D,25D,26D;. The molecule has 82 heavy (non-hydrogen) atoms. The van der Waals surface area contributed by atoms with Gasteiger partial charge in [-0.2, -0.15) is 0 Å². The van der Waals surface area contributed by atoms with Gasteiger partial charge in [0.15, 0.2) is 0 Å². The molecule has 3 aliphatic rings. The molecule has 7 heteroatoms. The van der Waals surface area contributed by atoms with E-state index in [4.69, 9.17) is 13.8 Å². The van der Waals surface area contributed by atoms with Crippen molar-refractivity contribution in [1.82, 2.24) is 4.98 Å². The summed E-state index contributed by atoms with van der Waals surface area (Å²) in [6.07, 6.45) is 1.93. The topological polar surface area (TPSA) is 31.8 Å². The zero-order valence-electron chi connectivity index (χ0n) is 53.4. The van der Waals surface area contributed by atoms with E-state index in [1.54, 1.807) is 0 Å². The molecule has 0 aliphatic carbocycles. The van der Waals surface area contributed by atoms with Crippen LogP contribution in [0.25, 0.3) is 33.4 Å². The monoisotopic (exact) mass is 1270 g/mol. The van der Waals surface area contributed by atoms with E-state index >= 15 is 0 Å². The predicted octanol–water partition coefficient (Wildman–Crippen LogP) is 17.4. The summed E-state index contributed by atoms with van der Waals surface area (Å²) in [5.41, 5.74) is 13.8. The van der Waals surface area contributed by atoms with Gasteiger partial charge in [-0.05, 0) is 91.1 Å². The molecule has 10 aromatic rings. The predicted molar refractivity (Wildman–Crippen MR) is 342 cm³/mol. The summed E-state index contributed by atoms with van der Waals surface area (Å²) in [7, 11) is -2.98. The largest absolute Gasteiger partial charge is 0.509 e. The molecule has 5 nitrogen and oxygen atoms in total. The van der Waals surface area contributed by atoms with Gasteiger partial charge in [-0.1, -0.05) is 244 Å². The zero-order chi connectivity index (χ0) is 60.5. The molecule has 0 N–H and O–H groups in total. The number of anilines is 7. The van der Waals surface area contributed by atoms with Crippen LogP contribution >= 0.6 is 0 Å². The minimum atomic E-state index is -2.98. The Bertz CT molecular complexity index is 4340. The second kappa shape index (κ2) is 20.6. The fraction of sp³-hybridized carbons (Fsp3) is 0.200. The Morgan fingerprint density at radius 2 is 1.12 bits per heavy atom. The molecule has 3 aliphatic heterocycles. The average molecular weight is 1270 g/mol. The van der Waals surface area contributed by atoms with Crippen LogP contribution in [0.3, 0.4) is 0 Å². The molecule has 0 bridgehead atoms. The average Bonchev–Trinajstić information content (AvgIpc) is 1.57. The molecule has 1 aromatic heterocycles. The number of fused-ring (bicyclic) bond motifs is 6. The maximum Gasteiger partial charge on any atom is 0.135 e. The second-order valence-corrected chi connectivity index (χ2v) is 28.9. The Morgan fingerprint density at radius 1 is 0.537 bits per heavy atom. The SMILES string of the molecule is [2H]c1c([2H])c([2H])c(-c2cccc(-c3cc(C(C)(C)C)cc(C(C)(C)C)c3)c2N2[CH-]N(c3[c-]c(Oc4[c-]c5c6c(c4)-c4ccccc4[Si]6(c4ccccc4)c4ccccc4N5c4cc(C(C)(C)C)ccn4)cc(C(C)C)c3)c3ccccc32)c([2H])c1[2H].[Pt]. The third-order valence-corrected chi connectivity index (χ3v) is 21.4. The summed E-state index contributed by atoms with van der Waals surface area (Å²) in [4.78, 5) is 11.7. The molecular formula is C75H69N4OPtSi-3. The molecule has 0 radical (unpaired) electrons. The number of ether oxygens (including phenoxy) is 1. The minimum absolute atomic E-state index is 0. The Labute approximate surface area is 508 Å². The molecule has 1 unspecified atom stereocenters. The minimum Gasteiger partial charge on any atom is -0.509 e. The number of pyridine rings is 1. The fourth-order valence-electron chi connectivity index (χ4n) is 12.3. The summed E-state index contributed by atoms with van der Waals surface area (Å²) in [5, 5.41) is 5.18. The van der Waals surface area contributed by atoms with Gasteiger partial charge in [-0.15, -0.1) is 59.0 Å². The van der Waals surface area contributed by atoms with Crippen LogP contribution in [0.2, 0.25) is 0 Å². The summed E-state index contributed by atoms with van der Waals surface area (Å²) < 4.78 is 52.5. The first-order chi connectivity index (χ1) is 40.9. The van der Waals surface area contributed by atoms with E-state index in [2.05, 4.69) is 249 Å². The third-order valence-electron chi connectivity index (χ3n) is 16.5. The Morgan fingerprint density at radius 3 is 1.79 bits per heavy atom. The molecule has 13 rings (SSSR count). The first kappa shape index (κ1) is 48.9. The number of aromatic nitrogens is 1. The van der Waals surface area contributed by atoms with Crippen molar-refractivity contribution < 1.29 is 32.7 Å². The van der Waals surface area contributed by atoms with E-state index in [1.165, 1.54) is 31.9 Å². The first-order valence-corrected chi connectivity index (χ1v) is 30.2. The Hall–Kier alpha value is -7.76. The summed E-state index contributed by atoms with van der Waals surface area (Å²) in [6.45, 7) is 26.4. The summed E-state index contributed by atoms with van der Waals surface area (Å²) in [6, 6.07) is 66.4. The molecule has 1 atom stereocenters. The zero-order valence-corrected chi connectivity index (χ0v) is 51.7. The van der Waals surface area contributed by atoms with Crippen molar-refractivity contribution in [1.29, 1.82) is 0 Å². The van der Waals surface area contributed by atoms with E-state index in [0.717, 1.165) is 67.6 Å². The van der Waals surface area contributed by atoms with Crippen LogP contribution in [0, 0.1) is 18.8 Å². The Kier molecular flexibility index (Phi) is 12.3. The molecule has 9 aromatic carbocycles. The number of rotatable bonds is 9. The second-order valence-electron chi connectivity index (χ2n) is 25.2. The van der Waals surface area contributed by atoms with Crippen molar-refractivity contribution in [3.8, 4) is 44.9 Å². The van der Waals surface area contributed by atoms with E-state index in [1.807, 2.05) is 37.1 Å². The van der Waals surface area contributed by atoms with Crippen LogP contribution in [0.5, 0.6) is 11.5 Å². The smallest absolute Gasteiger partial charge is 0.135 e. The van der Waals surface area contributed by atoms with Gasteiger partial charge in [0.05, 0.1) is 6.85 Å². The van der Waals surface area contributed by atoms with Crippen molar-refractivity contribution in [2.24, 2.45) is 0 Å². The molecule has 0 saturated carbocycles. The fourth-order valence-corrected chi connectivity index (χ4v) is 17.7. The van der Waals surface area contributed by atoms with Gasteiger partial charge in [0.2, 0.25) is 0 Å². The Balaban J connectivity index is 0.00000739. The van der Waals surface area contributed by atoms with E-state index in [0.29, 0.717) is 22.7 Å². The van der Waals surface area contributed by atoms with Gasteiger partial charge in [-0.25, -0.2) is 4.98 Å². The van der Waals surface area contributed by atoms with E-state index < -0.39 is 26.2 Å². The molecule has 0 spiro atoms. The maximum atomic E-state index is 9.39. The third kappa shape index (κ3) is 9.23. The van der Waals surface area contributed by atoms with Gasteiger partial charge in [0.25, 0.3) is 0 Å². The molecule has 0 amide bonds. The van der Waals surface area contributed by atoms with Crippen LogP contribution in [0.15, 0.2) is 206 Å². The molecule has 412 valence electrons. The number of nitrogens with zero attached hydrogens (tertiary/aromatic N) is 4. The summed E-state index contributed by atoms with van der Waals surface area (Å²) in [5.74, 6) is 1.96. The molecule has 4 heterocycles. The van der Waals surface area contributed by atoms with E-state index in [9.17, 15) is 2.74 Å². The van der Waals surface area contributed by atoms with Crippen molar-refractivity contribution in [3.05, 3.63) is 247 Å². The van der Waals surface area contributed by atoms with Gasteiger partial charge in [-0.3, -0.25) is 0 Å². The van der Waals surface area contributed by atoms with Gasteiger partial charge in [0, 0.05) is 72.6 Å². The van der Waals surface area contributed by atoms with Crippen LogP contribution in [0.4, 0.5) is 39.9 Å². The van der Waals surface area contributed by atoms with Crippen molar-refractivity contribution in [2.75, 3.05) is 14.7 Å². The van der Waals surface area contributed by atoms with Crippen LogP contribution < -0.4 is 40.2 Å². The molecular weight excluding hydrogens is 1200 g/mol. The van der Waals surface area contributed by atoms with Gasteiger partial charge >= 0.3 is 0 Å². The van der Waals surface area contributed by atoms with E-state index in [-0.39, 0.29) is 60.9 Å². The molecule has 0 saturated heterocycles.